The van der Waals surface area contributed by atoms with Crippen LogP contribution in [0.5, 0.6) is 11.5 Å². The number of methoxy groups -OCH3 is 1. The smallest absolute Gasteiger partial charge is 0.298 e. The van der Waals surface area contributed by atoms with Gasteiger partial charge in [0.1, 0.15) is 28.4 Å². The van der Waals surface area contributed by atoms with Gasteiger partial charge in [-0.05, 0) is 62.3 Å². The summed E-state index contributed by atoms with van der Waals surface area (Å²) in [5.74, 6) is 1.05. The van der Waals surface area contributed by atoms with Crippen LogP contribution in [0.2, 0.25) is 18.1 Å². The molecule has 4 aromatic rings. The van der Waals surface area contributed by atoms with Crippen molar-refractivity contribution in [3.05, 3.63) is 71.6 Å². The van der Waals surface area contributed by atoms with Crippen molar-refractivity contribution in [1.29, 1.82) is 0 Å². The first-order chi connectivity index (χ1) is 22.3. The molecule has 0 spiro atoms. The summed E-state index contributed by atoms with van der Waals surface area (Å²) in [5.41, 5.74) is 11.2. The Balaban J connectivity index is 1.49. The second-order valence-electron chi connectivity index (χ2n) is 13.1. The second-order valence-corrected chi connectivity index (χ2v) is 17.9. The van der Waals surface area contributed by atoms with Crippen molar-refractivity contribution in [2.24, 2.45) is 12.0 Å². The number of imidazole rings is 1. The van der Waals surface area contributed by atoms with E-state index in [-0.39, 0.29) is 10.9 Å². The summed E-state index contributed by atoms with van der Waals surface area (Å²) >= 11 is 0. The molecule has 0 aliphatic carbocycles. The van der Waals surface area contributed by atoms with Crippen molar-refractivity contribution in [3.8, 4) is 11.5 Å². The Morgan fingerprint density at radius 2 is 1.83 bits per heavy atom. The van der Waals surface area contributed by atoms with Gasteiger partial charge in [0.05, 0.1) is 30.6 Å². The molecule has 0 saturated carbocycles. The van der Waals surface area contributed by atoms with Crippen molar-refractivity contribution in [1.82, 2.24) is 18.9 Å². The number of nitrogens with two attached hydrogens (primary N) is 1. The summed E-state index contributed by atoms with van der Waals surface area (Å²) in [4.78, 5) is 18.0. The number of nitrogen functional groups attached to an aromatic ring is 1. The number of fused-ring (bicyclic) bond motifs is 1. The number of benzene rings is 2. The van der Waals surface area contributed by atoms with Crippen LogP contribution in [0.25, 0.3) is 11.0 Å². The van der Waals surface area contributed by atoms with Crippen LogP contribution in [0.3, 0.4) is 0 Å². The monoisotopic (exact) mass is 661 g/mol. The van der Waals surface area contributed by atoms with Crippen molar-refractivity contribution < 1.29 is 18.7 Å². The fraction of sp³-hybridized carbons (Fsp3) is 0.457. The van der Waals surface area contributed by atoms with E-state index in [1.165, 1.54) is 0 Å². The van der Waals surface area contributed by atoms with Crippen LogP contribution in [0.1, 0.15) is 50.3 Å². The number of nitrogens with zero attached hydrogens (tertiary/aromatic N) is 5. The molecule has 0 radical (unpaired) electrons. The van der Waals surface area contributed by atoms with Gasteiger partial charge >= 0.3 is 0 Å². The number of rotatable bonds is 14. The number of nitrogens with one attached hydrogen (secondary N) is 1. The fourth-order valence-electron chi connectivity index (χ4n) is 5.09. The van der Waals surface area contributed by atoms with E-state index in [0.29, 0.717) is 61.3 Å². The van der Waals surface area contributed by atoms with E-state index in [2.05, 4.69) is 49.3 Å². The molecular formula is C35H51N7O4Si. The van der Waals surface area contributed by atoms with E-state index in [0.717, 1.165) is 28.8 Å². The standard InChI is InChI=1S/C35H51N7O4Si/c1-10-42-28(24-25(2)39-42)33(43)38-34-40(6)27-17-14-19-30(44-7)32(27)41(34)21-12-11-20-37-31-26(36)16-13-18-29(31)45-22-15-23-46-47(8,9)35(3,4)5/h11-14,16-19,24,37H,10,15,20-23,36H2,1-9H3/b12-11+,38-34+. The average molecular weight is 662 g/mol. The number of carbonyl (C=O) groups is 1. The number of aromatic nitrogens is 4. The minimum absolute atomic E-state index is 0.177. The van der Waals surface area contributed by atoms with E-state index < -0.39 is 8.32 Å². The number of hydrogen-bond acceptors (Lipinski definition) is 7. The van der Waals surface area contributed by atoms with Gasteiger partial charge in [-0.15, -0.1) is 0 Å². The lowest BCUT2D eigenvalue weighted by Crippen LogP contribution is -2.41. The summed E-state index contributed by atoms with van der Waals surface area (Å²) in [6.45, 7) is 17.8. The van der Waals surface area contributed by atoms with Gasteiger partial charge in [0.25, 0.3) is 5.91 Å². The lowest BCUT2D eigenvalue weighted by Gasteiger charge is -2.36. The number of hydrogen-bond donors (Lipinski definition) is 2. The van der Waals surface area contributed by atoms with Crippen molar-refractivity contribution in [2.75, 3.05) is 37.9 Å². The summed E-state index contributed by atoms with van der Waals surface area (Å²) in [5, 5.41) is 8.01. The Labute approximate surface area is 279 Å². The Morgan fingerprint density at radius 3 is 2.53 bits per heavy atom. The van der Waals surface area contributed by atoms with Gasteiger partial charge in [0.2, 0.25) is 5.62 Å². The molecule has 0 atom stereocenters. The first kappa shape index (κ1) is 35.6. The molecule has 1 amide bonds. The Morgan fingerprint density at radius 1 is 1.11 bits per heavy atom. The van der Waals surface area contributed by atoms with Crippen LogP contribution in [-0.4, -0.2) is 60.0 Å². The van der Waals surface area contributed by atoms with Crippen molar-refractivity contribution in [2.45, 2.75) is 72.3 Å². The van der Waals surface area contributed by atoms with E-state index >= 15 is 0 Å². The molecule has 0 unspecified atom stereocenters. The minimum Gasteiger partial charge on any atom is -0.494 e. The highest BCUT2D eigenvalue weighted by Crippen LogP contribution is 2.36. The van der Waals surface area contributed by atoms with E-state index in [9.17, 15) is 4.79 Å². The minimum atomic E-state index is -1.79. The van der Waals surface area contributed by atoms with E-state index in [1.807, 2.05) is 78.6 Å². The van der Waals surface area contributed by atoms with Gasteiger partial charge in [-0.1, -0.05) is 45.1 Å². The number of para-hydroxylation sites is 2. The van der Waals surface area contributed by atoms with Gasteiger partial charge in [-0.3, -0.25) is 9.48 Å². The van der Waals surface area contributed by atoms with Crippen LogP contribution < -0.4 is 26.1 Å². The predicted octanol–water partition coefficient (Wildman–Crippen LogP) is 6.30. The van der Waals surface area contributed by atoms with Crippen LogP contribution in [-0.2, 0) is 24.6 Å². The van der Waals surface area contributed by atoms with Gasteiger partial charge in [-0.2, -0.15) is 10.1 Å². The Kier molecular flexibility index (Phi) is 11.4. The summed E-state index contributed by atoms with van der Waals surface area (Å²) < 4.78 is 23.7. The SMILES string of the molecule is CCn1nc(C)cc1C(=O)/N=c1\n(C)c2cccc(OC)c2n1C/C=C/CNc1c(N)cccc1OCCCO[Si](C)(C)C(C)(C)C. The largest absolute Gasteiger partial charge is 0.494 e. The second kappa shape index (κ2) is 15.1. The van der Waals surface area contributed by atoms with Crippen LogP contribution in [0, 0.1) is 6.92 Å². The number of aryl methyl sites for hydroxylation is 3. The van der Waals surface area contributed by atoms with Crippen molar-refractivity contribution in [3.63, 3.8) is 0 Å². The molecule has 3 N–H and O–H groups in total. The first-order valence-electron chi connectivity index (χ1n) is 16.2. The quantitative estimate of drug-likeness (QED) is 0.0704. The Bertz CT molecular complexity index is 1790. The average Bonchev–Trinajstić information content (AvgIpc) is 3.53. The molecule has 11 nitrogen and oxygen atoms in total. The molecule has 2 aromatic heterocycles. The van der Waals surface area contributed by atoms with Gasteiger partial charge in [-0.25, -0.2) is 0 Å². The lowest BCUT2D eigenvalue weighted by molar-refractivity contribution is 0.0985. The molecule has 2 heterocycles. The van der Waals surface area contributed by atoms with Gasteiger partial charge < -0.3 is 34.1 Å². The Hall–Kier alpha value is -4.29. The number of anilines is 2. The highest BCUT2D eigenvalue weighted by Gasteiger charge is 2.36. The molecule has 254 valence electrons. The number of carbonyl (C=O) groups excluding carboxylic acids is 1. The maximum atomic E-state index is 13.4. The molecule has 0 fully saturated rings. The molecule has 12 heteroatoms. The highest BCUT2D eigenvalue weighted by atomic mass is 28.4. The third-order valence-electron chi connectivity index (χ3n) is 8.72. The van der Waals surface area contributed by atoms with Crippen LogP contribution in [0.15, 0.2) is 59.6 Å². The molecule has 2 aromatic carbocycles. The first-order valence-corrected chi connectivity index (χ1v) is 19.1. The van der Waals surface area contributed by atoms with Crippen molar-refractivity contribution >= 4 is 36.6 Å². The molecule has 0 bridgehead atoms. The maximum absolute atomic E-state index is 13.4. The number of allylic oxidation sites excluding steroid dienone is 1. The zero-order valence-corrected chi connectivity index (χ0v) is 30.4. The fourth-order valence-corrected chi connectivity index (χ4v) is 6.18. The highest BCUT2D eigenvalue weighted by molar-refractivity contribution is 6.74. The zero-order chi connectivity index (χ0) is 34.4. The topological polar surface area (TPSA) is 123 Å². The molecular weight excluding hydrogens is 611 g/mol. The van der Waals surface area contributed by atoms with Gasteiger partial charge in [0, 0.05) is 39.7 Å². The summed E-state index contributed by atoms with van der Waals surface area (Å²) in [6.07, 6.45) is 4.84. The van der Waals surface area contributed by atoms with Gasteiger partial charge in [0.15, 0.2) is 8.32 Å². The summed E-state index contributed by atoms with van der Waals surface area (Å²) in [7, 11) is 1.75. The normalized spacial score (nSPS) is 12.7. The number of ether oxygens (including phenoxy) is 2. The van der Waals surface area contributed by atoms with E-state index in [1.54, 1.807) is 17.9 Å². The van der Waals surface area contributed by atoms with E-state index in [4.69, 9.17) is 19.6 Å². The molecule has 0 aliphatic heterocycles. The molecule has 4 rings (SSSR count). The number of amides is 1. The third-order valence-corrected chi connectivity index (χ3v) is 13.3. The summed E-state index contributed by atoms with van der Waals surface area (Å²) in [6, 6.07) is 13.3. The maximum Gasteiger partial charge on any atom is 0.298 e. The van der Waals surface area contributed by atoms with Crippen LogP contribution in [0.4, 0.5) is 11.4 Å². The third kappa shape index (κ3) is 8.17. The zero-order valence-electron chi connectivity index (χ0n) is 29.4. The lowest BCUT2D eigenvalue weighted by atomic mass is 10.2. The van der Waals surface area contributed by atoms with Crippen LogP contribution >= 0.6 is 0 Å². The predicted molar refractivity (Wildman–Crippen MR) is 192 cm³/mol. The molecule has 0 saturated heterocycles. The molecule has 0 aliphatic rings. The molecule has 47 heavy (non-hydrogen) atoms.